The van der Waals surface area contributed by atoms with E-state index in [0.29, 0.717) is 18.5 Å². The van der Waals surface area contributed by atoms with Gasteiger partial charge in [0.2, 0.25) is 0 Å². The summed E-state index contributed by atoms with van der Waals surface area (Å²) >= 11 is 0. The first-order valence-corrected chi connectivity index (χ1v) is 20.9. The zero-order valence-electron chi connectivity index (χ0n) is 36.2. The van der Waals surface area contributed by atoms with Crippen LogP contribution < -0.4 is 20.8 Å². The SMILES string of the molecule is CCCN1CCC2(CC1)N=c1c(c3c4c5c(C)c(O)c3c(O)c1=NC(=O)/C(C)=C\C=C\[C@H](C)[C@H](O)[C@@H](C)[C@@H](O)[C@@H](C)[C@H](OC(C)=O)[C@H](C)[C@@H](OC)/C=C/O[C@@](C)(O5)C4=O)N2. The summed E-state index contributed by atoms with van der Waals surface area (Å²) < 4.78 is 24.0. The molecule has 0 aromatic heterocycles. The molecule has 0 aliphatic carbocycles. The number of aliphatic hydroxyl groups excluding tert-OH is 2. The van der Waals surface area contributed by atoms with Crippen LogP contribution in [0.3, 0.4) is 0 Å². The second-order valence-electron chi connectivity index (χ2n) is 17.1. The molecular weight excluding hydrogens is 773 g/mol. The Labute approximate surface area is 350 Å². The quantitative estimate of drug-likeness (QED) is 0.213. The molecule has 15 heteroatoms. The van der Waals surface area contributed by atoms with Crippen molar-refractivity contribution in [1.82, 2.24) is 4.90 Å². The fraction of sp³-hybridized carbons (Fsp3) is 0.578. The molecule has 5 N–H and O–H groups in total. The average molecular weight is 833 g/mol. The third kappa shape index (κ3) is 8.04. The Morgan fingerprint density at radius 3 is 2.30 bits per heavy atom. The van der Waals surface area contributed by atoms with E-state index in [0.717, 1.165) is 26.1 Å². The van der Waals surface area contributed by atoms with Crippen molar-refractivity contribution in [2.75, 3.05) is 32.1 Å². The number of phenols is 2. The van der Waals surface area contributed by atoms with Gasteiger partial charge in [0.05, 0.1) is 41.2 Å². The van der Waals surface area contributed by atoms with E-state index in [4.69, 9.17) is 23.9 Å². The van der Waals surface area contributed by atoms with Gasteiger partial charge in [-0.1, -0.05) is 52.8 Å². The summed E-state index contributed by atoms with van der Waals surface area (Å²) in [5.74, 6) is -7.02. The van der Waals surface area contributed by atoms with E-state index in [9.17, 15) is 34.8 Å². The molecule has 5 heterocycles. The number of carbonyl (C=O) groups excluding carboxylic acids is 3. The van der Waals surface area contributed by atoms with Crippen molar-refractivity contribution < 1.29 is 53.8 Å². The molecule has 0 saturated carbocycles. The number of phenolic OH excluding ortho intramolecular Hbond substituents is 2. The van der Waals surface area contributed by atoms with Crippen LogP contribution in [0.1, 0.15) is 90.6 Å². The fourth-order valence-electron chi connectivity index (χ4n) is 9.08. The van der Waals surface area contributed by atoms with Crippen LogP contribution in [-0.2, 0) is 23.8 Å². The van der Waals surface area contributed by atoms with Crippen molar-refractivity contribution in [3.05, 3.63) is 58.0 Å². The van der Waals surface area contributed by atoms with Gasteiger partial charge in [0.25, 0.3) is 11.7 Å². The molecule has 1 spiro atoms. The number of hydrogen-bond donors (Lipinski definition) is 5. The van der Waals surface area contributed by atoms with E-state index < -0.39 is 82.9 Å². The van der Waals surface area contributed by atoms with Gasteiger partial charge in [0.15, 0.2) is 5.75 Å². The molecule has 9 atom stereocenters. The molecule has 0 unspecified atom stereocenters. The number of ketones is 1. The predicted molar refractivity (Wildman–Crippen MR) is 223 cm³/mol. The van der Waals surface area contributed by atoms with Gasteiger partial charge in [-0.25, -0.2) is 4.99 Å². The minimum atomic E-state index is -1.95. The number of aliphatic hydroxyl groups is 2. The van der Waals surface area contributed by atoms with E-state index in [1.54, 1.807) is 59.8 Å². The summed E-state index contributed by atoms with van der Waals surface area (Å²) in [5, 5.41) is 50.5. The maximum Gasteiger partial charge on any atom is 0.312 e. The lowest BCUT2D eigenvalue weighted by atomic mass is 9.78. The standard InChI is InChI=1S/C45H60N4O11/c1-11-18-49-19-16-45(17-20-49)47-33-30-31-38(53)27(7)41-32(30)42(55)44(9,60-41)58-21-15-29(57-10)24(4)40(59-28(8)50)26(6)37(52)25(5)36(51)22(2)13-12-14-23(3)43(56)46-35(39(31)54)34(33)48-45/h12-15,21-22,24-26,29,36-37,40,47,51-54H,11,16-20H2,1-10H3/b13-12+,21-15+,23-14-,46-35?/t22-,24+,25+,26+,29-,36-,37+,40+,44-/m0/s1. The molecule has 60 heavy (non-hydrogen) atoms. The number of esters is 1. The Morgan fingerprint density at radius 2 is 1.67 bits per heavy atom. The Kier molecular flexibility index (Phi) is 12.9. The van der Waals surface area contributed by atoms with Crippen LogP contribution in [0, 0.1) is 30.6 Å². The van der Waals surface area contributed by atoms with Crippen LogP contribution in [0.25, 0.3) is 10.8 Å². The molecule has 5 bridgehead atoms. The number of Topliss-reactive ketones (excluding diaryl/α,β-unsaturated/α-hetero) is 1. The minimum Gasteiger partial charge on any atom is -0.507 e. The van der Waals surface area contributed by atoms with Gasteiger partial charge >= 0.3 is 11.8 Å². The first kappa shape index (κ1) is 44.7. The Balaban J connectivity index is 1.56. The molecule has 0 radical (unpaired) electrons. The largest absolute Gasteiger partial charge is 0.507 e. The number of anilines is 1. The number of carbonyl (C=O) groups is 3. The van der Waals surface area contributed by atoms with Crippen molar-refractivity contribution >= 4 is 34.1 Å². The Bertz CT molecular complexity index is 2260. The first-order valence-electron chi connectivity index (χ1n) is 20.9. The monoisotopic (exact) mass is 832 g/mol. The highest BCUT2D eigenvalue weighted by atomic mass is 16.7. The van der Waals surface area contributed by atoms with Crippen molar-refractivity contribution in [2.24, 2.45) is 33.7 Å². The van der Waals surface area contributed by atoms with E-state index >= 15 is 0 Å². The Hall–Kier alpha value is -4.83. The van der Waals surface area contributed by atoms with E-state index in [-0.39, 0.29) is 49.7 Å². The molecule has 5 aliphatic rings. The topological polar surface area (TPSA) is 209 Å². The predicted octanol–water partition coefficient (Wildman–Crippen LogP) is 4.50. The number of piperidine rings is 1. The third-order valence-corrected chi connectivity index (χ3v) is 12.8. The van der Waals surface area contributed by atoms with Gasteiger partial charge in [-0.05, 0) is 32.9 Å². The second-order valence-corrected chi connectivity index (χ2v) is 17.1. The molecule has 2 aromatic carbocycles. The van der Waals surface area contributed by atoms with Crippen LogP contribution >= 0.6 is 0 Å². The highest BCUT2D eigenvalue weighted by molar-refractivity contribution is 6.21. The maximum atomic E-state index is 14.7. The van der Waals surface area contributed by atoms with Gasteiger partial charge in [0.1, 0.15) is 34.0 Å². The first-order chi connectivity index (χ1) is 28.3. The van der Waals surface area contributed by atoms with Crippen LogP contribution in [-0.4, -0.2) is 106 Å². The highest BCUT2D eigenvalue weighted by Gasteiger charge is 2.50. The van der Waals surface area contributed by atoms with Crippen molar-refractivity contribution in [3.63, 3.8) is 0 Å². The number of benzene rings is 2. The molecule has 15 nitrogen and oxygen atoms in total. The van der Waals surface area contributed by atoms with Crippen molar-refractivity contribution in [3.8, 4) is 17.2 Å². The van der Waals surface area contributed by atoms with Gasteiger partial charge in [-0.3, -0.25) is 19.4 Å². The Morgan fingerprint density at radius 1 is 0.983 bits per heavy atom. The summed E-state index contributed by atoms with van der Waals surface area (Å²) in [7, 11) is 1.47. The molecule has 2 aromatic rings. The van der Waals surface area contributed by atoms with E-state index in [2.05, 4.69) is 22.1 Å². The zero-order valence-corrected chi connectivity index (χ0v) is 36.2. The van der Waals surface area contributed by atoms with Crippen molar-refractivity contribution in [2.45, 2.75) is 117 Å². The molecule has 1 fully saturated rings. The summed E-state index contributed by atoms with van der Waals surface area (Å²) in [6.45, 7) is 17.4. The van der Waals surface area contributed by atoms with Gasteiger partial charge < -0.3 is 49.6 Å². The molecule has 326 valence electrons. The second kappa shape index (κ2) is 17.3. The van der Waals surface area contributed by atoms with E-state index in [1.165, 1.54) is 33.3 Å². The maximum absolute atomic E-state index is 14.7. The minimum absolute atomic E-state index is 0.0549. The molecule has 1 amide bonds. The summed E-state index contributed by atoms with van der Waals surface area (Å²) in [6.07, 6.45) is 6.08. The summed E-state index contributed by atoms with van der Waals surface area (Å²) in [5.41, 5.74) is -0.0963. The number of amides is 1. The van der Waals surface area contributed by atoms with Crippen LogP contribution in [0.2, 0.25) is 0 Å². The zero-order chi connectivity index (χ0) is 44.0. The fourth-order valence-corrected chi connectivity index (χ4v) is 9.08. The number of aromatic hydroxyl groups is 2. The number of allylic oxidation sites excluding steroid dienone is 2. The van der Waals surface area contributed by atoms with Crippen LogP contribution in [0.15, 0.2) is 46.1 Å². The van der Waals surface area contributed by atoms with Crippen LogP contribution in [0.5, 0.6) is 17.2 Å². The molecule has 7 rings (SSSR count). The summed E-state index contributed by atoms with van der Waals surface area (Å²) in [6, 6.07) is 0. The molecule has 5 aliphatic heterocycles. The molecular formula is C45H60N4O11. The molecule has 1 saturated heterocycles. The van der Waals surface area contributed by atoms with E-state index in [1.807, 2.05) is 0 Å². The number of rotatable bonds is 4. The normalized spacial score (nSPS) is 32.9. The number of likely N-dealkylation sites (tertiary alicyclic amines) is 1. The van der Waals surface area contributed by atoms with Gasteiger partial charge in [-0.2, -0.15) is 0 Å². The smallest absolute Gasteiger partial charge is 0.312 e. The number of nitrogens with one attached hydrogen (secondary N) is 1. The number of hydrogen-bond acceptors (Lipinski definition) is 14. The van der Waals surface area contributed by atoms with Gasteiger partial charge in [0, 0.05) is 87.1 Å². The number of fused-ring (bicyclic) bond motifs is 13. The third-order valence-electron chi connectivity index (χ3n) is 12.8. The number of nitrogens with zero attached hydrogens (tertiary/aromatic N) is 3. The summed E-state index contributed by atoms with van der Waals surface area (Å²) in [4.78, 5) is 52.8. The van der Waals surface area contributed by atoms with Gasteiger partial charge in [-0.15, -0.1) is 0 Å². The van der Waals surface area contributed by atoms with Crippen LogP contribution in [0.4, 0.5) is 5.69 Å². The lowest BCUT2D eigenvalue weighted by Crippen LogP contribution is -2.46. The van der Waals surface area contributed by atoms with Crippen molar-refractivity contribution in [1.29, 1.82) is 0 Å². The average Bonchev–Trinajstić information content (AvgIpc) is 3.71. The lowest BCUT2D eigenvalue weighted by Gasteiger charge is -2.38. The number of ether oxygens (including phenoxy) is 4. The highest BCUT2D eigenvalue weighted by Crippen LogP contribution is 2.51. The number of methoxy groups -OCH3 is 1. The lowest BCUT2D eigenvalue weighted by molar-refractivity contribution is -0.160.